The van der Waals surface area contributed by atoms with Gasteiger partial charge in [-0.2, -0.15) is 0 Å². The van der Waals surface area contributed by atoms with E-state index >= 15 is 0 Å². The lowest BCUT2D eigenvalue weighted by Crippen LogP contribution is -2.41. The molecule has 0 aromatic heterocycles. The van der Waals surface area contributed by atoms with Crippen molar-refractivity contribution in [1.29, 1.82) is 0 Å². The van der Waals surface area contributed by atoms with Crippen molar-refractivity contribution in [3.05, 3.63) is 11.6 Å². The highest BCUT2D eigenvalue weighted by Gasteiger charge is 2.36. The monoisotopic (exact) mass is 215 g/mol. The number of rotatable bonds is 4. The van der Waals surface area contributed by atoms with Gasteiger partial charge in [0.1, 0.15) is 0 Å². The first-order valence-electron chi connectivity index (χ1n) is 5.20. The second kappa shape index (κ2) is 5.10. The summed E-state index contributed by atoms with van der Waals surface area (Å²) in [5, 5.41) is 0.288. The molecule has 0 aliphatic rings. The summed E-state index contributed by atoms with van der Waals surface area (Å²) < 4.78 is 6.02. The van der Waals surface area contributed by atoms with Gasteiger partial charge >= 0.3 is 0 Å². The van der Waals surface area contributed by atoms with E-state index in [9.17, 15) is 0 Å². The SMILES string of the molecule is C/C(=C\CN)CO[Si](C)(C)C(C)(C)C. The van der Waals surface area contributed by atoms with Crippen LogP contribution in [0.15, 0.2) is 11.6 Å². The molecule has 0 amide bonds. The van der Waals surface area contributed by atoms with Crippen molar-refractivity contribution < 1.29 is 4.43 Å². The molecule has 0 fully saturated rings. The summed E-state index contributed by atoms with van der Waals surface area (Å²) in [7, 11) is -1.58. The molecule has 0 saturated carbocycles. The molecule has 0 aliphatic carbocycles. The third-order valence-corrected chi connectivity index (χ3v) is 7.41. The molecule has 0 saturated heterocycles. The molecule has 84 valence electrons. The molecule has 0 radical (unpaired) electrons. The minimum Gasteiger partial charge on any atom is -0.413 e. The summed E-state index contributed by atoms with van der Waals surface area (Å²) in [6.45, 7) is 14.7. The van der Waals surface area contributed by atoms with E-state index in [-0.39, 0.29) is 5.04 Å². The highest BCUT2D eigenvalue weighted by atomic mass is 28.4. The Kier molecular flexibility index (Phi) is 5.05. The predicted octanol–water partition coefficient (Wildman–Crippen LogP) is 2.91. The standard InChI is InChI=1S/C11H25NOSi/c1-10(7-8-12)9-13-14(5,6)11(2,3)4/h7H,8-9,12H2,1-6H3/b10-7+. The average molecular weight is 215 g/mol. The fourth-order valence-corrected chi connectivity index (χ4v) is 1.79. The fraction of sp³-hybridized carbons (Fsp3) is 0.818. The Hall–Kier alpha value is -0.123. The zero-order valence-electron chi connectivity index (χ0n) is 10.5. The lowest BCUT2D eigenvalue weighted by Gasteiger charge is -2.36. The first-order valence-corrected chi connectivity index (χ1v) is 8.11. The van der Waals surface area contributed by atoms with Crippen LogP contribution in [0.3, 0.4) is 0 Å². The predicted molar refractivity (Wildman–Crippen MR) is 66.0 cm³/mol. The maximum absolute atomic E-state index is 6.02. The minimum absolute atomic E-state index is 0.288. The van der Waals surface area contributed by atoms with Gasteiger partial charge < -0.3 is 10.2 Å². The summed E-state index contributed by atoms with van der Waals surface area (Å²) in [6.07, 6.45) is 2.02. The Morgan fingerprint density at radius 2 is 1.86 bits per heavy atom. The topological polar surface area (TPSA) is 35.2 Å². The van der Waals surface area contributed by atoms with Gasteiger partial charge in [0.25, 0.3) is 0 Å². The highest BCUT2D eigenvalue weighted by molar-refractivity contribution is 6.74. The third kappa shape index (κ3) is 4.40. The molecule has 0 aromatic rings. The second-order valence-electron chi connectivity index (χ2n) is 5.34. The molecule has 0 heterocycles. The highest BCUT2D eigenvalue weighted by Crippen LogP contribution is 2.36. The number of hydrogen-bond donors (Lipinski definition) is 1. The fourth-order valence-electron chi connectivity index (χ4n) is 0.771. The molecule has 14 heavy (non-hydrogen) atoms. The van der Waals surface area contributed by atoms with E-state index in [1.54, 1.807) is 0 Å². The van der Waals surface area contributed by atoms with Crippen LogP contribution in [0.1, 0.15) is 27.7 Å². The summed E-state index contributed by atoms with van der Waals surface area (Å²) in [5.74, 6) is 0. The number of nitrogens with two attached hydrogens (primary N) is 1. The average Bonchev–Trinajstić information content (AvgIpc) is 1.99. The van der Waals surface area contributed by atoms with E-state index in [2.05, 4.69) is 40.8 Å². The van der Waals surface area contributed by atoms with Crippen LogP contribution >= 0.6 is 0 Å². The summed E-state index contributed by atoms with van der Waals surface area (Å²) >= 11 is 0. The first-order chi connectivity index (χ1) is 6.20. The number of hydrogen-bond acceptors (Lipinski definition) is 2. The maximum Gasteiger partial charge on any atom is 0.192 e. The van der Waals surface area contributed by atoms with E-state index < -0.39 is 8.32 Å². The Morgan fingerprint density at radius 3 is 2.21 bits per heavy atom. The zero-order chi connectivity index (χ0) is 11.4. The molecular weight excluding hydrogens is 190 g/mol. The van der Waals surface area contributed by atoms with Gasteiger partial charge in [0, 0.05) is 6.54 Å². The van der Waals surface area contributed by atoms with E-state index in [0.29, 0.717) is 6.54 Å². The van der Waals surface area contributed by atoms with Crippen molar-refractivity contribution in [2.45, 2.75) is 45.8 Å². The molecule has 2 nitrogen and oxygen atoms in total. The van der Waals surface area contributed by atoms with Gasteiger partial charge in [-0.05, 0) is 25.1 Å². The molecule has 0 aromatic carbocycles. The Bertz CT molecular complexity index is 204. The van der Waals surface area contributed by atoms with Crippen LogP contribution in [0.5, 0.6) is 0 Å². The minimum atomic E-state index is -1.58. The summed E-state index contributed by atoms with van der Waals surface area (Å²) in [6, 6.07) is 0. The zero-order valence-corrected chi connectivity index (χ0v) is 11.5. The lowest BCUT2D eigenvalue weighted by atomic mass is 10.2. The molecule has 2 N–H and O–H groups in total. The van der Waals surface area contributed by atoms with Crippen LogP contribution in [0.4, 0.5) is 0 Å². The van der Waals surface area contributed by atoms with Gasteiger partial charge in [-0.15, -0.1) is 0 Å². The van der Waals surface area contributed by atoms with E-state index in [4.69, 9.17) is 10.2 Å². The smallest absolute Gasteiger partial charge is 0.192 e. The molecule has 3 heteroatoms. The van der Waals surface area contributed by atoms with Crippen molar-refractivity contribution in [2.24, 2.45) is 5.73 Å². The molecule has 0 unspecified atom stereocenters. The van der Waals surface area contributed by atoms with Crippen LogP contribution in [-0.2, 0) is 4.43 Å². The Balaban J connectivity index is 4.20. The van der Waals surface area contributed by atoms with E-state index in [1.165, 1.54) is 5.57 Å². The molecule has 0 atom stereocenters. The molecule has 0 spiro atoms. The maximum atomic E-state index is 6.02. The molecule has 0 rings (SSSR count). The Morgan fingerprint density at radius 1 is 1.36 bits per heavy atom. The van der Waals surface area contributed by atoms with Gasteiger partial charge in [-0.3, -0.25) is 0 Å². The normalized spacial score (nSPS) is 14.6. The van der Waals surface area contributed by atoms with Gasteiger partial charge in [-0.25, -0.2) is 0 Å². The lowest BCUT2D eigenvalue weighted by molar-refractivity contribution is 0.318. The van der Waals surface area contributed by atoms with Crippen LogP contribution in [0.2, 0.25) is 18.1 Å². The first kappa shape index (κ1) is 13.9. The third-order valence-electron chi connectivity index (χ3n) is 2.93. The molecule has 0 bridgehead atoms. The summed E-state index contributed by atoms with van der Waals surface area (Å²) in [4.78, 5) is 0. The molecule has 0 aliphatic heterocycles. The summed E-state index contributed by atoms with van der Waals surface area (Å²) in [5.41, 5.74) is 6.67. The van der Waals surface area contributed by atoms with Crippen LogP contribution < -0.4 is 5.73 Å². The van der Waals surface area contributed by atoms with Crippen molar-refractivity contribution >= 4 is 8.32 Å². The van der Waals surface area contributed by atoms with Crippen LogP contribution in [-0.4, -0.2) is 21.5 Å². The largest absolute Gasteiger partial charge is 0.413 e. The van der Waals surface area contributed by atoms with Gasteiger partial charge in [0.2, 0.25) is 0 Å². The van der Waals surface area contributed by atoms with Crippen molar-refractivity contribution in [2.75, 3.05) is 13.2 Å². The van der Waals surface area contributed by atoms with E-state index in [0.717, 1.165) is 6.61 Å². The van der Waals surface area contributed by atoms with Gasteiger partial charge in [0.15, 0.2) is 8.32 Å². The van der Waals surface area contributed by atoms with Gasteiger partial charge in [0.05, 0.1) is 6.61 Å². The van der Waals surface area contributed by atoms with Crippen LogP contribution in [0, 0.1) is 0 Å². The van der Waals surface area contributed by atoms with Crippen molar-refractivity contribution in [1.82, 2.24) is 0 Å². The van der Waals surface area contributed by atoms with Crippen molar-refractivity contribution in [3.63, 3.8) is 0 Å². The van der Waals surface area contributed by atoms with Crippen LogP contribution in [0.25, 0.3) is 0 Å². The second-order valence-corrected chi connectivity index (χ2v) is 10.1. The quantitative estimate of drug-likeness (QED) is 0.578. The Labute approximate surface area is 89.7 Å². The van der Waals surface area contributed by atoms with Gasteiger partial charge in [-0.1, -0.05) is 32.4 Å². The van der Waals surface area contributed by atoms with E-state index in [1.807, 2.05) is 6.08 Å². The molecular formula is C11H25NOSi. The van der Waals surface area contributed by atoms with Crippen molar-refractivity contribution in [3.8, 4) is 0 Å².